The van der Waals surface area contributed by atoms with Gasteiger partial charge in [-0.3, -0.25) is 9.59 Å². The first-order valence-electron chi connectivity index (χ1n) is 6.21. The molecule has 1 unspecified atom stereocenters. The van der Waals surface area contributed by atoms with Crippen molar-refractivity contribution in [1.82, 2.24) is 5.32 Å². The lowest BCUT2D eigenvalue weighted by Gasteiger charge is -2.22. The lowest BCUT2D eigenvalue weighted by atomic mass is 9.94. The highest BCUT2D eigenvalue weighted by molar-refractivity contribution is 5.77. The SMILES string of the molecule is CC(CCNC(=O)CC1(N)CCCC1)C(=O)O. The van der Waals surface area contributed by atoms with Gasteiger partial charge < -0.3 is 16.2 Å². The highest BCUT2D eigenvalue weighted by atomic mass is 16.4. The van der Waals surface area contributed by atoms with Gasteiger partial charge in [0, 0.05) is 18.5 Å². The largest absolute Gasteiger partial charge is 0.481 e. The third-order valence-electron chi connectivity index (χ3n) is 3.43. The molecule has 0 aromatic carbocycles. The fourth-order valence-electron chi connectivity index (χ4n) is 2.19. The zero-order chi connectivity index (χ0) is 12.9. The van der Waals surface area contributed by atoms with Crippen LogP contribution in [0.15, 0.2) is 0 Å². The van der Waals surface area contributed by atoms with E-state index in [2.05, 4.69) is 5.32 Å². The van der Waals surface area contributed by atoms with Crippen molar-refractivity contribution in [2.45, 2.75) is 51.0 Å². The number of carbonyl (C=O) groups excluding carboxylic acids is 1. The Hall–Kier alpha value is -1.10. The predicted molar refractivity (Wildman–Crippen MR) is 64.4 cm³/mol. The zero-order valence-electron chi connectivity index (χ0n) is 10.4. The number of carboxylic acids is 1. The molecule has 1 amide bonds. The Labute approximate surface area is 102 Å². The van der Waals surface area contributed by atoms with E-state index < -0.39 is 11.9 Å². The minimum absolute atomic E-state index is 0.0630. The van der Waals surface area contributed by atoms with Gasteiger partial charge in [0.15, 0.2) is 0 Å². The summed E-state index contributed by atoms with van der Waals surface area (Å²) in [5.41, 5.74) is 5.75. The maximum Gasteiger partial charge on any atom is 0.306 e. The number of nitrogens with two attached hydrogens (primary N) is 1. The molecule has 0 radical (unpaired) electrons. The molecular formula is C12H22N2O3. The van der Waals surface area contributed by atoms with Gasteiger partial charge in [-0.2, -0.15) is 0 Å². The Morgan fingerprint density at radius 1 is 1.41 bits per heavy atom. The molecule has 98 valence electrons. The molecule has 5 heteroatoms. The molecule has 0 aromatic heterocycles. The molecule has 1 aliphatic carbocycles. The topological polar surface area (TPSA) is 92.4 Å². The summed E-state index contributed by atoms with van der Waals surface area (Å²) in [5, 5.41) is 11.4. The third kappa shape index (κ3) is 4.73. The number of aliphatic carboxylic acids is 1. The molecule has 0 heterocycles. The Morgan fingerprint density at radius 2 is 2.00 bits per heavy atom. The van der Waals surface area contributed by atoms with Crippen LogP contribution in [-0.2, 0) is 9.59 Å². The number of nitrogens with one attached hydrogen (secondary N) is 1. The van der Waals surface area contributed by atoms with Gasteiger partial charge in [-0.25, -0.2) is 0 Å². The van der Waals surface area contributed by atoms with E-state index in [0.29, 0.717) is 19.4 Å². The van der Waals surface area contributed by atoms with Crippen LogP contribution in [0.5, 0.6) is 0 Å². The summed E-state index contributed by atoms with van der Waals surface area (Å²) >= 11 is 0. The molecular weight excluding hydrogens is 220 g/mol. The van der Waals surface area contributed by atoms with E-state index in [4.69, 9.17) is 10.8 Å². The van der Waals surface area contributed by atoms with Gasteiger partial charge in [0.2, 0.25) is 5.91 Å². The minimum atomic E-state index is -0.828. The summed E-state index contributed by atoms with van der Waals surface area (Å²) in [6, 6.07) is 0. The van der Waals surface area contributed by atoms with Crippen LogP contribution in [0.25, 0.3) is 0 Å². The van der Waals surface area contributed by atoms with E-state index in [1.807, 2.05) is 0 Å². The second-order valence-corrected chi connectivity index (χ2v) is 5.12. The molecule has 4 N–H and O–H groups in total. The molecule has 1 fully saturated rings. The highest BCUT2D eigenvalue weighted by Gasteiger charge is 2.31. The summed E-state index contributed by atoms with van der Waals surface area (Å²) in [6.45, 7) is 2.04. The fraction of sp³-hybridized carbons (Fsp3) is 0.833. The van der Waals surface area contributed by atoms with E-state index in [9.17, 15) is 9.59 Å². The van der Waals surface area contributed by atoms with Gasteiger partial charge in [-0.05, 0) is 19.3 Å². The molecule has 0 bridgehead atoms. The molecule has 17 heavy (non-hydrogen) atoms. The standard InChI is InChI=1S/C12H22N2O3/c1-9(11(16)17)4-7-14-10(15)8-12(13)5-2-3-6-12/h9H,2-8,13H2,1H3,(H,14,15)(H,16,17). The van der Waals surface area contributed by atoms with E-state index in [-0.39, 0.29) is 11.4 Å². The second-order valence-electron chi connectivity index (χ2n) is 5.12. The van der Waals surface area contributed by atoms with Gasteiger partial charge in [0.05, 0.1) is 5.92 Å². The molecule has 0 spiro atoms. The molecule has 0 saturated heterocycles. The Balaban J connectivity index is 2.19. The number of hydrogen-bond acceptors (Lipinski definition) is 3. The maximum absolute atomic E-state index is 11.6. The van der Waals surface area contributed by atoms with Gasteiger partial charge in [-0.1, -0.05) is 19.8 Å². The summed E-state index contributed by atoms with van der Waals surface area (Å²) in [7, 11) is 0. The normalized spacial score (nSPS) is 19.9. The smallest absolute Gasteiger partial charge is 0.306 e. The van der Waals surface area contributed by atoms with E-state index >= 15 is 0 Å². The van der Waals surface area contributed by atoms with Crippen LogP contribution in [0.3, 0.4) is 0 Å². The molecule has 1 rings (SSSR count). The van der Waals surface area contributed by atoms with Crippen LogP contribution in [0, 0.1) is 5.92 Å². The third-order valence-corrected chi connectivity index (χ3v) is 3.43. The highest BCUT2D eigenvalue weighted by Crippen LogP contribution is 2.29. The lowest BCUT2D eigenvalue weighted by Crippen LogP contribution is -2.42. The summed E-state index contributed by atoms with van der Waals surface area (Å²) in [5.74, 6) is -1.31. The van der Waals surface area contributed by atoms with Crippen LogP contribution in [0.1, 0.15) is 45.4 Å². The maximum atomic E-state index is 11.6. The zero-order valence-corrected chi connectivity index (χ0v) is 10.4. The number of carbonyl (C=O) groups is 2. The number of rotatable bonds is 6. The molecule has 0 aromatic rings. The first kappa shape index (κ1) is 14.0. The minimum Gasteiger partial charge on any atom is -0.481 e. The first-order valence-corrected chi connectivity index (χ1v) is 6.21. The van der Waals surface area contributed by atoms with Gasteiger partial charge >= 0.3 is 5.97 Å². The number of carboxylic acid groups (broad SMARTS) is 1. The fourth-order valence-corrected chi connectivity index (χ4v) is 2.19. The van der Waals surface area contributed by atoms with Crippen LogP contribution in [0.4, 0.5) is 0 Å². The van der Waals surface area contributed by atoms with Gasteiger partial charge in [0.25, 0.3) is 0 Å². The average molecular weight is 242 g/mol. The van der Waals surface area contributed by atoms with Crippen LogP contribution in [0.2, 0.25) is 0 Å². The number of amides is 1. The lowest BCUT2D eigenvalue weighted by molar-refractivity contribution is -0.141. The van der Waals surface area contributed by atoms with Gasteiger partial charge in [-0.15, -0.1) is 0 Å². The summed E-state index contributed by atoms with van der Waals surface area (Å²) in [4.78, 5) is 22.2. The van der Waals surface area contributed by atoms with Crippen molar-refractivity contribution >= 4 is 11.9 Å². The van der Waals surface area contributed by atoms with Crippen molar-refractivity contribution in [3.05, 3.63) is 0 Å². The van der Waals surface area contributed by atoms with Crippen molar-refractivity contribution in [3.8, 4) is 0 Å². The Morgan fingerprint density at radius 3 is 2.53 bits per heavy atom. The Kier molecular flexibility index (Phi) is 4.93. The molecule has 1 atom stereocenters. The Bertz CT molecular complexity index is 285. The van der Waals surface area contributed by atoms with E-state index in [1.54, 1.807) is 6.92 Å². The van der Waals surface area contributed by atoms with Crippen molar-refractivity contribution in [3.63, 3.8) is 0 Å². The molecule has 1 aliphatic rings. The monoisotopic (exact) mass is 242 g/mol. The number of hydrogen-bond donors (Lipinski definition) is 3. The van der Waals surface area contributed by atoms with Crippen molar-refractivity contribution < 1.29 is 14.7 Å². The summed E-state index contributed by atoms with van der Waals surface area (Å²) < 4.78 is 0. The predicted octanol–water partition coefficient (Wildman–Crippen LogP) is 0.875. The summed E-state index contributed by atoms with van der Waals surface area (Å²) in [6.07, 6.45) is 4.82. The van der Waals surface area contributed by atoms with Crippen molar-refractivity contribution in [2.75, 3.05) is 6.54 Å². The molecule has 0 aliphatic heterocycles. The second kappa shape index (κ2) is 6.00. The van der Waals surface area contributed by atoms with Crippen LogP contribution >= 0.6 is 0 Å². The molecule has 5 nitrogen and oxygen atoms in total. The van der Waals surface area contributed by atoms with Gasteiger partial charge in [0.1, 0.15) is 0 Å². The molecule has 1 saturated carbocycles. The van der Waals surface area contributed by atoms with E-state index in [1.165, 1.54) is 0 Å². The van der Waals surface area contributed by atoms with E-state index in [0.717, 1.165) is 25.7 Å². The quantitative estimate of drug-likeness (QED) is 0.644. The van der Waals surface area contributed by atoms with Crippen molar-refractivity contribution in [2.24, 2.45) is 11.7 Å². The first-order chi connectivity index (χ1) is 7.93. The van der Waals surface area contributed by atoms with Crippen molar-refractivity contribution in [1.29, 1.82) is 0 Å². The van der Waals surface area contributed by atoms with Crippen LogP contribution < -0.4 is 11.1 Å². The average Bonchev–Trinajstić information content (AvgIpc) is 2.64. The van der Waals surface area contributed by atoms with Crippen LogP contribution in [-0.4, -0.2) is 29.1 Å².